The van der Waals surface area contributed by atoms with Crippen molar-refractivity contribution in [2.45, 2.75) is 39.2 Å². The fourth-order valence-corrected chi connectivity index (χ4v) is 4.63. The molecule has 0 spiro atoms. The number of carbonyl (C=O) groups excluding carboxylic acids is 1. The number of nitrogens with one attached hydrogen (secondary N) is 2. The molecule has 0 radical (unpaired) electrons. The number of fused-ring (bicyclic) bond motifs is 1. The molecular weight excluding hydrogens is 432 g/mol. The predicted octanol–water partition coefficient (Wildman–Crippen LogP) is 3.02. The maximum Gasteiger partial charge on any atom is 0.277 e. The highest BCUT2D eigenvalue weighted by atomic mass is 16.5. The van der Waals surface area contributed by atoms with Crippen LogP contribution in [0.25, 0.3) is 10.9 Å². The number of methoxy groups -OCH3 is 1. The van der Waals surface area contributed by atoms with Crippen molar-refractivity contribution >= 4 is 22.8 Å². The molecule has 182 valence electrons. The molecule has 1 aromatic carbocycles. The summed E-state index contributed by atoms with van der Waals surface area (Å²) in [6.07, 6.45) is 9.42. The number of amides is 1. The Bertz CT molecular complexity index is 1090. The van der Waals surface area contributed by atoms with Crippen molar-refractivity contribution in [3.63, 3.8) is 0 Å². The van der Waals surface area contributed by atoms with Crippen molar-refractivity contribution in [1.82, 2.24) is 25.3 Å². The summed E-state index contributed by atoms with van der Waals surface area (Å²) >= 11 is 0. The molecule has 0 saturated carbocycles. The van der Waals surface area contributed by atoms with Crippen LogP contribution in [-0.4, -0.2) is 58.9 Å². The second kappa shape index (κ2) is 11.3. The van der Waals surface area contributed by atoms with E-state index >= 15 is 0 Å². The molecule has 1 aliphatic heterocycles. The van der Waals surface area contributed by atoms with Crippen molar-refractivity contribution in [1.29, 1.82) is 0 Å². The van der Waals surface area contributed by atoms with E-state index in [1.807, 2.05) is 6.07 Å². The molecule has 4 rings (SSSR count). The van der Waals surface area contributed by atoms with E-state index < -0.39 is 5.91 Å². The standard InChI is InChI=1S/C25H34N6O3/c1-3-10-31-17-19(22-5-4-21(34-2)13-23(22)31)6-9-26-14-18-7-11-30(12-8-18)25-27-15-20(16-28-25)24(32)29-33/h4-5,13,15-18,26,33H,3,6-12,14H2,1-2H3,(H,29,32). The summed E-state index contributed by atoms with van der Waals surface area (Å²) < 4.78 is 7.76. The Morgan fingerprint density at radius 2 is 2.00 bits per heavy atom. The van der Waals surface area contributed by atoms with Gasteiger partial charge in [0.25, 0.3) is 5.91 Å². The molecule has 3 N–H and O–H groups in total. The number of nitrogens with zero attached hydrogens (tertiary/aromatic N) is 4. The van der Waals surface area contributed by atoms with Crippen LogP contribution < -0.4 is 20.4 Å². The monoisotopic (exact) mass is 466 g/mol. The van der Waals surface area contributed by atoms with Crippen LogP contribution in [0.15, 0.2) is 36.8 Å². The largest absolute Gasteiger partial charge is 0.497 e. The highest BCUT2D eigenvalue weighted by Crippen LogP contribution is 2.26. The average Bonchev–Trinajstić information content (AvgIpc) is 3.23. The van der Waals surface area contributed by atoms with Gasteiger partial charge < -0.3 is 19.5 Å². The number of carbonyl (C=O) groups is 1. The summed E-state index contributed by atoms with van der Waals surface area (Å²) in [4.78, 5) is 22.1. The second-order valence-corrected chi connectivity index (χ2v) is 8.83. The zero-order valence-electron chi connectivity index (χ0n) is 20.0. The summed E-state index contributed by atoms with van der Waals surface area (Å²) in [6.45, 7) is 6.96. The molecule has 1 amide bonds. The fourth-order valence-electron chi connectivity index (χ4n) is 4.63. The number of hydrogen-bond donors (Lipinski definition) is 3. The molecule has 9 heteroatoms. The van der Waals surface area contributed by atoms with Gasteiger partial charge in [0, 0.05) is 49.7 Å². The normalized spacial score (nSPS) is 14.5. The Morgan fingerprint density at radius 3 is 2.68 bits per heavy atom. The van der Waals surface area contributed by atoms with E-state index in [1.54, 1.807) is 12.6 Å². The van der Waals surface area contributed by atoms with Crippen LogP contribution in [0.3, 0.4) is 0 Å². The lowest BCUT2D eigenvalue weighted by molar-refractivity contribution is 0.0705. The van der Waals surface area contributed by atoms with Gasteiger partial charge in [0.2, 0.25) is 5.95 Å². The molecule has 9 nitrogen and oxygen atoms in total. The van der Waals surface area contributed by atoms with Gasteiger partial charge in [0.05, 0.1) is 18.2 Å². The zero-order chi connectivity index (χ0) is 23.9. The Morgan fingerprint density at radius 1 is 1.24 bits per heavy atom. The number of ether oxygens (including phenoxy) is 1. The van der Waals surface area contributed by atoms with Crippen molar-refractivity contribution in [2.24, 2.45) is 5.92 Å². The molecule has 0 unspecified atom stereocenters. The number of aromatic nitrogens is 3. The molecule has 0 atom stereocenters. The molecule has 0 aliphatic carbocycles. The molecular formula is C25H34N6O3. The number of aryl methyl sites for hydroxylation is 1. The van der Waals surface area contributed by atoms with Gasteiger partial charge in [-0.15, -0.1) is 0 Å². The topological polar surface area (TPSA) is 105 Å². The molecule has 3 aromatic rings. The molecule has 1 aliphatic rings. The lowest BCUT2D eigenvalue weighted by Crippen LogP contribution is -2.38. The Hall–Kier alpha value is -3.17. The van der Waals surface area contributed by atoms with Crippen LogP contribution in [0, 0.1) is 5.92 Å². The van der Waals surface area contributed by atoms with Gasteiger partial charge in [0.1, 0.15) is 5.75 Å². The highest BCUT2D eigenvalue weighted by Gasteiger charge is 2.21. The minimum Gasteiger partial charge on any atom is -0.497 e. The van der Waals surface area contributed by atoms with Gasteiger partial charge >= 0.3 is 0 Å². The van der Waals surface area contributed by atoms with Crippen LogP contribution >= 0.6 is 0 Å². The van der Waals surface area contributed by atoms with E-state index in [0.717, 1.165) is 64.2 Å². The van der Waals surface area contributed by atoms with Gasteiger partial charge in [-0.25, -0.2) is 15.4 Å². The number of rotatable bonds is 10. The van der Waals surface area contributed by atoms with Crippen LogP contribution in [0.2, 0.25) is 0 Å². The lowest BCUT2D eigenvalue weighted by atomic mass is 9.97. The van der Waals surface area contributed by atoms with Crippen molar-refractivity contribution < 1.29 is 14.7 Å². The maximum absolute atomic E-state index is 11.4. The molecule has 3 heterocycles. The van der Waals surface area contributed by atoms with E-state index in [2.05, 4.69) is 50.0 Å². The second-order valence-electron chi connectivity index (χ2n) is 8.83. The lowest BCUT2D eigenvalue weighted by Gasteiger charge is -2.32. The first-order valence-electron chi connectivity index (χ1n) is 12.0. The summed E-state index contributed by atoms with van der Waals surface area (Å²) in [7, 11) is 1.71. The third kappa shape index (κ3) is 5.48. The van der Waals surface area contributed by atoms with Gasteiger partial charge in [0.15, 0.2) is 0 Å². The van der Waals surface area contributed by atoms with Gasteiger partial charge in [-0.3, -0.25) is 10.0 Å². The molecule has 34 heavy (non-hydrogen) atoms. The molecule has 1 saturated heterocycles. The van der Waals surface area contributed by atoms with E-state index in [0.29, 0.717) is 11.9 Å². The Labute approximate surface area is 200 Å². The van der Waals surface area contributed by atoms with Gasteiger partial charge in [-0.1, -0.05) is 6.92 Å². The molecule has 1 fully saturated rings. The Kier molecular flexibility index (Phi) is 7.97. The zero-order valence-corrected chi connectivity index (χ0v) is 20.0. The first-order valence-corrected chi connectivity index (χ1v) is 12.0. The van der Waals surface area contributed by atoms with Crippen LogP contribution in [0.4, 0.5) is 5.95 Å². The maximum atomic E-state index is 11.4. The van der Waals surface area contributed by atoms with Gasteiger partial charge in [-0.05, 0) is 62.4 Å². The first kappa shape index (κ1) is 24.0. The summed E-state index contributed by atoms with van der Waals surface area (Å²) in [6, 6.07) is 6.35. The van der Waals surface area contributed by atoms with E-state index in [-0.39, 0.29) is 5.56 Å². The third-order valence-corrected chi connectivity index (χ3v) is 6.54. The molecule has 0 bridgehead atoms. The number of anilines is 1. The average molecular weight is 467 g/mol. The third-order valence-electron chi connectivity index (χ3n) is 6.54. The number of benzene rings is 1. The van der Waals surface area contributed by atoms with Gasteiger partial charge in [-0.2, -0.15) is 0 Å². The first-order chi connectivity index (χ1) is 16.6. The number of hydrogen-bond acceptors (Lipinski definition) is 7. The van der Waals surface area contributed by atoms with Crippen molar-refractivity contribution in [2.75, 3.05) is 38.2 Å². The van der Waals surface area contributed by atoms with Crippen molar-refractivity contribution in [3.8, 4) is 5.75 Å². The summed E-state index contributed by atoms with van der Waals surface area (Å²) in [5.41, 5.74) is 4.46. The van der Waals surface area contributed by atoms with Crippen LogP contribution in [0.1, 0.15) is 42.1 Å². The molecule has 2 aromatic heterocycles. The van der Waals surface area contributed by atoms with E-state index in [9.17, 15) is 4.79 Å². The number of hydroxylamine groups is 1. The minimum atomic E-state index is -0.606. The Balaban J connectivity index is 1.24. The smallest absolute Gasteiger partial charge is 0.277 e. The van der Waals surface area contributed by atoms with Crippen LogP contribution in [0.5, 0.6) is 5.75 Å². The summed E-state index contributed by atoms with van der Waals surface area (Å²) in [5.74, 6) is 1.55. The minimum absolute atomic E-state index is 0.238. The predicted molar refractivity (Wildman–Crippen MR) is 132 cm³/mol. The fraction of sp³-hybridized carbons (Fsp3) is 0.480. The van der Waals surface area contributed by atoms with Crippen LogP contribution in [-0.2, 0) is 13.0 Å². The quantitative estimate of drug-likeness (QED) is 0.240. The number of piperidine rings is 1. The van der Waals surface area contributed by atoms with Crippen molar-refractivity contribution in [3.05, 3.63) is 47.9 Å². The van der Waals surface area contributed by atoms with E-state index in [1.165, 1.54) is 28.9 Å². The SMILES string of the molecule is CCCn1cc(CCNCC2CCN(c3ncc(C(=O)NO)cn3)CC2)c2ccc(OC)cc21. The van der Waals surface area contributed by atoms with E-state index in [4.69, 9.17) is 9.94 Å². The summed E-state index contributed by atoms with van der Waals surface area (Å²) in [5, 5.41) is 13.7. The highest BCUT2D eigenvalue weighted by molar-refractivity contribution is 5.92.